The molecule has 0 aliphatic carbocycles. The molecule has 40 heavy (non-hydrogen) atoms. The number of carbonyl (C=O) groups excluding carboxylic acids is 2. The van der Waals surface area contributed by atoms with Crippen molar-refractivity contribution in [1.82, 2.24) is 14.9 Å². The first-order chi connectivity index (χ1) is 18.9. The maximum atomic E-state index is 16.0. The first kappa shape index (κ1) is 34.8. The molecule has 0 aromatic carbocycles. The predicted molar refractivity (Wildman–Crippen MR) is 158 cm³/mol. The Morgan fingerprint density at radius 3 is 2.45 bits per heavy atom. The average Bonchev–Trinajstić information content (AvgIpc) is 3.17. The normalized spacial score (nSPS) is 24.0. The molecule has 13 heteroatoms. The van der Waals surface area contributed by atoms with Crippen LogP contribution in [-0.2, 0) is 28.1 Å². The Hall–Kier alpha value is -1.40. The molecule has 1 amide bonds. The molecule has 2 heterocycles. The van der Waals surface area contributed by atoms with Crippen LogP contribution in [0, 0.1) is 5.92 Å². The van der Waals surface area contributed by atoms with E-state index in [-0.39, 0.29) is 41.5 Å². The molecule has 0 spiro atoms. The van der Waals surface area contributed by atoms with Crippen molar-refractivity contribution in [1.29, 1.82) is 0 Å². The van der Waals surface area contributed by atoms with Gasteiger partial charge in [-0.05, 0) is 40.2 Å². The van der Waals surface area contributed by atoms with Gasteiger partial charge in [0.05, 0.1) is 25.9 Å². The number of amides is 1. The van der Waals surface area contributed by atoms with Gasteiger partial charge in [-0.15, -0.1) is 0 Å². The van der Waals surface area contributed by atoms with Gasteiger partial charge >= 0.3 is 0 Å². The maximum Gasteiger partial charge on any atom is 0.259 e. The molecule has 1 saturated heterocycles. The van der Waals surface area contributed by atoms with Gasteiger partial charge in [0.2, 0.25) is 5.91 Å². The van der Waals surface area contributed by atoms with Crippen LogP contribution in [0.3, 0.4) is 0 Å². The van der Waals surface area contributed by atoms with Gasteiger partial charge < -0.3 is 28.7 Å². The van der Waals surface area contributed by atoms with Crippen molar-refractivity contribution in [2.24, 2.45) is 10.9 Å². The van der Waals surface area contributed by atoms with Gasteiger partial charge in [-0.2, -0.15) is 0 Å². The number of carbonyl (C=O) groups is 2. The van der Waals surface area contributed by atoms with E-state index in [2.05, 4.69) is 21.6 Å². The van der Waals surface area contributed by atoms with E-state index in [0.29, 0.717) is 31.2 Å². The average molecular weight is 605 g/mol. The molecule has 1 N–H and O–H groups in total. The van der Waals surface area contributed by atoms with Crippen LogP contribution in [0.15, 0.2) is 29.7 Å². The van der Waals surface area contributed by atoms with Crippen molar-refractivity contribution >= 4 is 37.1 Å². The Morgan fingerprint density at radius 1 is 1.23 bits per heavy atom. The summed E-state index contributed by atoms with van der Waals surface area (Å²) in [6.07, 6.45) is -0.164. The summed E-state index contributed by atoms with van der Waals surface area (Å²) in [5.41, 5.74) is 0. The van der Waals surface area contributed by atoms with Gasteiger partial charge in [-0.1, -0.05) is 39.1 Å². The smallest absolute Gasteiger partial charge is 0.259 e. The third-order valence-electron chi connectivity index (χ3n) is 6.02. The number of hydrogen-bond donors (Lipinski definition) is 1. The lowest BCUT2D eigenvalue weighted by Gasteiger charge is -2.37. The molecule has 1 fully saturated rings. The number of thioether (sulfide) groups is 1. The van der Waals surface area contributed by atoms with Crippen LogP contribution in [0.5, 0.6) is 0 Å². The topological polar surface area (TPSA) is 102 Å². The van der Waals surface area contributed by atoms with Gasteiger partial charge in [0, 0.05) is 36.9 Å². The number of nitrogens with one attached hydrogen (secondary N) is 1. The summed E-state index contributed by atoms with van der Waals surface area (Å²) in [5, 5.41) is 2.75. The molecule has 0 bridgehead atoms. The number of amidine groups is 1. The van der Waals surface area contributed by atoms with E-state index in [1.807, 2.05) is 48.5 Å². The monoisotopic (exact) mass is 604 g/mol. The number of hydrogen-bond acceptors (Lipinski definition) is 10. The Kier molecular flexibility index (Phi) is 14.7. The number of halogens is 1. The van der Waals surface area contributed by atoms with Crippen LogP contribution in [-0.4, -0.2) is 88.7 Å². The molecule has 0 aromatic heterocycles. The third-order valence-corrected chi connectivity index (χ3v) is 9.27. The fourth-order valence-corrected chi connectivity index (χ4v) is 6.68. The second kappa shape index (κ2) is 16.9. The zero-order valence-corrected chi connectivity index (χ0v) is 26.7. The number of aliphatic imine (C=N–C) groups is 1. The molecule has 10 nitrogen and oxygen atoms in total. The predicted octanol–water partition coefficient (Wildman–Crippen LogP) is 4.97. The minimum atomic E-state index is -1.64. The summed E-state index contributed by atoms with van der Waals surface area (Å²) in [5.74, 6) is 0.903. The number of ether oxygens (including phenoxy) is 2. The Bertz CT molecular complexity index is 913. The Balaban J connectivity index is 2.05. The lowest BCUT2D eigenvalue weighted by atomic mass is 10.1. The van der Waals surface area contributed by atoms with Crippen LogP contribution in [0.1, 0.15) is 61.8 Å². The molecular weight excluding hydrogens is 558 g/mol. The van der Waals surface area contributed by atoms with E-state index in [9.17, 15) is 9.59 Å². The molecule has 0 radical (unpaired) electrons. The molecule has 0 aromatic rings. The second-order valence-electron chi connectivity index (χ2n) is 10.4. The standard InChI is InChI=1S/C27H46FN4O6PS/c1-10-22-25(24(28)26(37-22)31-12-11-23(29-20(31)8)30-21(9)33)38-39(32(18(4)5)19(6)7)36-14-13-35-15-16-40-27(34)17(2)3/h11-12,17-19,22,24-26H,8,10,13-16H2,1-7,9H3,(H,29,30,33)/t22-,24+,25?,26-,39?/m1/s1. The Morgan fingerprint density at radius 2 is 1.90 bits per heavy atom. The summed E-state index contributed by atoms with van der Waals surface area (Å²) < 4.78 is 42.5. The van der Waals surface area contributed by atoms with Gasteiger partial charge in [0.1, 0.15) is 17.8 Å². The first-order valence-corrected chi connectivity index (χ1v) is 15.9. The fraction of sp³-hybridized carbons (Fsp3) is 0.741. The van der Waals surface area contributed by atoms with Gasteiger partial charge in [0.15, 0.2) is 17.5 Å². The van der Waals surface area contributed by atoms with E-state index in [0.717, 1.165) is 0 Å². The highest BCUT2D eigenvalue weighted by molar-refractivity contribution is 8.13. The molecule has 228 valence electrons. The summed E-state index contributed by atoms with van der Waals surface area (Å²) in [4.78, 5) is 28.9. The molecular formula is C27H46FN4O6PS. The minimum absolute atomic E-state index is 0.00419. The quantitative estimate of drug-likeness (QED) is 0.205. The van der Waals surface area contributed by atoms with E-state index < -0.39 is 33.1 Å². The third kappa shape index (κ3) is 10.2. The lowest BCUT2D eigenvalue weighted by molar-refractivity contribution is -0.117. The number of alkyl halides is 1. The molecule has 2 unspecified atom stereocenters. The highest BCUT2D eigenvalue weighted by atomic mass is 32.2. The maximum absolute atomic E-state index is 16.0. The molecule has 2 aliphatic heterocycles. The van der Waals surface area contributed by atoms with Crippen LogP contribution >= 0.6 is 20.3 Å². The minimum Gasteiger partial charge on any atom is -0.378 e. The highest BCUT2D eigenvalue weighted by Gasteiger charge is 2.50. The van der Waals surface area contributed by atoms with Crippen molar-refractivity contribution in [3.05, 3.63) is 24.7 Å². The lowest BCUT2D eigenvalue weighted by Crippen LogP contribution is -2.42. The van der Waals surface area contributed by atoms with Crippen molar-refractivity contribution in [2.45, 2.75) is 98.5 Å². The zero-order valence-electron chi connectivity index (χ0n) is 25.0. The van der Waals surface area contributed by atoms with Crippen molar-refractivity contribution in [3.8, 4) is 0 Å². The van der Waals surface area contributed by atoms with Crippen LogP contribution < -0.4 is 5.32 Å². The summed E-state index contributed by atoms with van der Waals surface area (Å²) in [6.45, 7) is 20.2. The molecule has 0 saturated carbocycles. The SMILES string of the molecule is C=C1N=C(NC(C)=O)C=CN1[C@@H]1O[C@H](CC)C(OP(OCCOCCSC(=O)C(C)C)N(C(C)C)C(C)C)[C@@H]1F. The second-order valence-corrected chi connectivity index (χ2v) is 12.9. The van der Waals surface area contributed by atoms with Crippen molar-refractivity contribution in [3.63, 3.8) is 0 Å². The fourth-order valence-electron chi connectivity index (χ4n) is 4.20. The van der Waals surface area contributed by atoms with E-state index >= 15 is 4.39 Å². The van der Waals surface area contributed by atoms with Crippen LogP contribution in [0.4, 0.5) is 4.39 Å². The Labute approximate surface area is 244 Å². The number of rotatable bonds is 15. The molecule has 2 rings (SSSR count). The van der Waals surface area contributed by atoms with Crippen molar-refractivity contribution in [2.75, 3.05) is 25.6 Å². The van der Waals surface area contributed by atoms with Crippen molar-refractivity contribution < 1.29 is 32.5 Å². The highest BCUT2D eigenvalue weighted by Crippen LogP contribution is 2.50. The van der Waals surface area contributed by atoms with E-state index in [4.69, 9.17) is 18.5 Å². The molecule has 5 atom stereocenters. The summed E-state index contributed by atoms with van der Waals surface area (Å²) >= 11 is 1.27. The summed E-state index contributed by atoms with van der Waals surface area (Å²) in [6, 6.07) is 0.182. The molecule has 2 aliphatic rings. The van der Waals surface area contributed by atoms with Gasteiger partial charge in [-0.3, -0.25) is 9.59 Å². The van der Waals surface area contributed by atoms with Crippen LogP contribution in [0.25, 0.3) is 0 Å². The van der Waals surface area contributed by atoms with E-state index in [1.165, 1.54) is 23.6 Å². The summed E-state index contributed by atoms with van der Waals surface area (Å²) in [7, 11) is -1.64. The zero-order chi connectivity index (χ0) is 30.0. The van der Waals surface area contributed by atoms with Crippen LogP contribution in [0.2, 0.25) is 0 Å². The largest absolute Gasteiger partial charge is 0.378 e. The number of nitrogens with zero attached hydrogens (tertiary/aromatic N) is 3. The van der Waals surface area contributed by atoms with E-state index in [1.54, 1.807) is 12.3 Å². The van der Waals surface area contributed by atoms with Gasteiger partial charge in [0.25, 0.3) is 8.53 Å². The first-order valence-electron chi connectivity index (χ1n) is 13.8. The van der Waals surface area contributed by atoms with Gasteiger partial charge in [-0.25, -0.2) is 14.1 Å².